The third-order valence-electron chi connectivity index (χ3n) is 6.71. The molecular formula is C29H33F3N4O. The molecule has 2 aromatic rings. The number of nitrogens with zero attached hydrogens (tertiary/aromatic N) is 4. The van der Waals surface area contributed by atoms with Gasteiger partial charge in [-0.05, 0) is 67.7 Å². The lowest BCUT2D eigenvalue weighted by Gasteiger charge is -2.31. The summed E-state index contributed by atoms with van der Waals surface area (Å²) in [6, 6.07) is 14.0. The first kappa shape index (κ1) is 26.7. The summed E-state index contributed by atoms with van der Waals surface area (Å²) in [5.74, 6) is 0. The molecule has 2 aliphatic rings. The van der Waals surface area contributed by atoms with Crippen molar-refractivity contribution in [3.05, 3.63) is 82.1 Å². The molecule has 0 amide bonds. The largest absolute Gasteiger partial charge is 0.417 e. The lowest BCUT2D eigenvalue weighted by atomic mass is 10.1. The van der Waals surface area contributed by atoms with Crippen molar-refractivity contribution >= 4 is 24.2 Å². The molecule has 0 saturated carbocycles. The van der Waals surface area contributed by atoms with Crippen molar-refractivity contribution in [1.29, 1.82) is 0 Å². The van der Waals surface area contributed by atoms with Crippen LogP contribution in [-0.4, -0.2) is 56.7 Å². The molecule has 0 atom stereocenters. The Hall–Kier alpha value is -3.39. The fourth-order valence-corrected chi connectivity index (χ4v) is 4.81. The number of ether oxygens (including phenoxy) is 1. The molecule has 1 aliphatic heterocycles. The zero-order valence-corrected chi connectivity index (χ0v) is 21.3. The van der Waals surface area contributed by atoms with Gasteiger partial charge in [0.15, 0.2) is 0 Å². The van der Waals surface area contributed by atoms with Gasteiger partial charge in [0.05, 0.1) is 31.2 Å². The molecule has 5 nitrogen and oxygen atoms in total. The van der Waals surface area contributed by atoms with Gasteiger partial charge in [0.25, 0.3) is 0 Å². The molecular weight excluding hydrogens is 477 g/mol. The van der Waals surface area contributed by atoms with Crippen LogP contribution in [0.5, 0.6) is 0 Å². The summed E-state index contributed by atoms with van der Waals surface area (Å²) >= 11 is 0. The molecule has 1 heterocycles. The van der Waals surface area contributed by atoms with Crippen molar-refractivity contribution in [3.8, 4) is 0 Å². The molecule has 2 aromatic carbocycles. The molecule has 1 aliphatic carbocycles. The summed E-state index contributed by atoms with van der Waals surface area (Å²) in [7, 11) is 0. The highest BCUT2D eigenvalue weighted by Crippen LogP contribution is 2.35. The summed E-state index contributed by atoms with van der Waals surface area (Å²) in [6.45, 7) is 9.12. The van der Waals surface area contributed by atoms with Crippen LogP contribution in [0, 0.1) is 0 Å². The highest BCUT2D eigenvalue weighted by Gasteiger charge is 2.32. The number of alkyl halides is 3. The van der Waals surface area contributed by atoms with E-state index >= 15 is 0 Å². The maximum Gasteiger partial charge on any atom is 0.417 e. The van der Waals surface area contributed by atoms with E-state index in [4.69, 9.17) is 4.74 Å². The molecule has 0 N–H and O–H groups in total. The molecule has 0 unspecified atom stereocenters. The van der Waals surface area contributed by atoms with E-state index in [1.807, 2.05) is 0 Å². The van der Waals surface area contributed by atoms with Crippen LogP contribution in [0.25, 0.3) is 6.08 Å². The Balaban J connectivity index is 1.59. The van der Waals surface area contributed by atoms with E-state index in [0.29, 0.717) is 13.2 Å². The minimum atomic E-state index is -4.44. The fourth-order valence-electron chi connectivity index (χ4n) is 4.81. The molecule has 196 valence electrons. The minimum absolute atomic E-state index is 0.00491. The molecule has 0 radical (unpaired) electrons. The predicted octanol–water partition coefficient (Wildman–Crippen LogP) is 6.42. The summed E-state index contributed by atoms with van der Waals surface area (Å²) < 4.78 is 45.3. The zero-order valence-electron chi connectivity index (χ0n) is 21.3. The van der Waals surface area contributed by atoms with E-state index in [1.54, 1.807) is 12.3 Å². The van der Waals surface area contributed by atoms with Gasteiger partial charge in [-0.3, -0.25) is 0 Å². The van der Waals surface area contributed by atoms with Gasteiger partial charge < -0.3 is 14.5 Å². The number of benzene rings is 2. The van der Waals surface area contributed by atoms with Crippen molar-refractivity contribution < 1.29 is 17.9 Å². The van der Waals surface area contributed by atoms with E-state index in [0.717, 1.165) is 68.1 Å². The van der Waals surface area contributed by atoms with Gasteiger partial charge >= 0.3 is 6.18 Å². The normalized spacial score (nSPS) is 18.1. The number of halogens is 3. The monoisotopic (exact) mass is 510 g/mol. The number of hydrogen-bond donors (Lipinski definition) is 0. The van der Waals surface area contributed by atoms with Gasteiger partial charge in [0.2, 0.25) is 0 Å². The molecule has 0 spiro atoms. The second kappa shape index (κ2) is 12.2. The Kier molecular flexibility index (Phi) is 8.82. The van der Waals surface area contributed by atoms with Crippen molar-refractivity contribution in [2.45, 2.75) is 32.9 Å². The number of allylic oxidation sites excluding steroid dienone is 2. The van der Waals surface area contributed by atoms with Gasteiger partial charge in [0.1, 0.15) is 0 Å². The Bertz CT molecular complexity index is 1170. The topological polar surface area (TPSA) is 40.4 Å². The standard InChI is InChI=1S/C29H33F3N4O/c1-3-35(4-2)26-13-9-22(10-14-26)19-23-11-12-25(28(23)36-15-17-37-18-16-36)21-34-33-20-24-7-5-6-8-27(24)29(30,31)32/h5-10,13-14,19-21H,3-4,11-12,15-18H2,1-2H3/b23-19-,33-20+,34-21?. The number of morpholine rings is 1. The lowest BCUT2D eigenvalue weighted by Crippen LogP contribution is -2.36. The quantitative estimate of drug-likeness (QED) is 0.304. The lowest BCUT2D eigenvalue weighted by molar-refractivity contribution is -0.137. The molecule has 4 rings (SSSR count). The summed E-state index contributed by atoms with van der Waals surface area (Å²) in [5, 5.41) is 8.09. The summed E-state index contributed by atoms with van der Waals surface area (Å²) in [5.41, 5.74) is 5.01. The van der Waals surface area contributed by atoms with Crippen LogP contribution in [-0.2, 0) is 10.9 Å². The van der Waals surface area contributed by atoms with Crippen LogP contribution in [0.4, 0.5) is 18.9 Å². The first-order valence-electron chi connectivity index (χ1n) is 12.7. The van der Waals surface area contributed by atoms with Crippen LogP contribution in [0.3, 0.4) is 0 Å². The second-order valence-corrected chi connectivity index (χ2v) is 8.98. The van der Waals surface area contributed by atoms with E-state index in [2.05, 4.69) is 64.2 Å². The summed E-state index contributed by atoms with van der Waals surface area (Å²) in [6.07, 6.45) is 2.30. The average molecular weight is 511 g/mol. The molecule has 1 fully saturated rings. The summed E-state index contributed by atoms with van der Waals surface area (Å²) in [4.78, 5) is 4.63. The predicted molar refractivity (Wildman–Crippen MR) is 144 cm³/mol. The van der Waals surface area contributed by atoms with Crippen LogP contribution >= 0.6 is 0 Å². The molecule has 37 heavy (non-hydrogen) atoms. The van der Waals surface area contributed by atoms with Gasteiger partial charge in [-0.25, -0.2) is 0 Å². The van der Waals surface area contributed by atoms with Gasteiger partial charge in [-0.1, -0.05) is 30.3 Å². The van der Waals surface area contributed by atoms with Crippen LogP contribution in [0.1, 0.15) is 43.4 Å². The maximum atomic E-state index is 13.2. The van der Waals surface area contributed by atoms with Crippen LogP contribution in [0.2, 0.25) is 0 Å². The van der Waals surface area contributed by atoms with Gasteiger partial charge in [-0.2, -0.15) is 23.4 Å². The van der Waals surface area contributed by atoms with Crippen molar-refractivity contribution in [2.24, 2.45) is 10.2 Å². The van der Waals surface area contributed by atoms with Crippen LogP contribution < -0.4 is 4.90 Å². The van der Waals surface area contributed by atoms with Crippen molar-refractivity contribution in [2.75, 3.05) is 44.3 Å². The Morgan fingerprint density at radius 2 is 1.59 bits per heavy atom. The zero-order chi connectivity index (χ0) is 26.3. The van der Waals surface area contributed by atoms with E-state index in [9.17, 15) is 13.2 Å². The molecule has 0 bridgehead atoms. The smallest absolute Gasteiger partial charge is 0.378 e. The third kappa shape index (κ3) is 6.68. The Morgan fingerprint density at radius 1 is 0.919 bits per heavy atom. The highest BCUT2D eigenvalue weighted by atomic mass is 19.4. The first-order chi connectivity index (χ1) is 17.9. The third-order valence-corrected chi connectivity index (χ3v) is 6.71. The first-order valence-corrected chi connectivity index (χ1v) is 12.7. The van der Waals surface area contributed by atoms with E-state index in [-0.39, 0.29) is 5.56 Å². The fraction of sp³-hybridized carbons (Fsp3) is 0.379. The SMILES string of the molecule is CCN(CC)c1ccc(/C=C2/CCC(C=N/N=C/c3ccccc3C(F)(F)F)=C2N2CCOCC2)cc1. The van der Waals surface area contributed by atoms with Crippen molar-refractivity contribution in [1.82, 2.24) is 4.90 Å². The van der Waals surface area contributed by atoms with Gasteiger partial charge in [0, 0.05) is 43.1 Å². The molecule has 0 aromatic heterocycles. The Labute approximate surface area is 216 Å². The van der Waals surface area contributed by atoms with Gasteiger partial charge in [-0.15, -0.1) is 0 Å². The second-order valence-electron chi connectivity index (χ2n) is 8.98. The van der Waals surface area contributed by atoms with Crippen LogP contribution in [0.15, 0.2) is 75.6 Å². The highest BCUT2D eigenvalue weighted by molar-refractivity contribution is 5.86. The molecule has 1 saturated heterocycles. The number of hydrogen-bond acceptors (Lipinski definition) is 5. The minimum Gasteiger partial charge on any atom is -0.378 e. The van der Waals surface area contributed by atoms with E-state index in [1.165, 1.54) is 23.4 Å². The Morgan fingerprint density at radius 3 is 2.27 bits per heavy atom. The molecule has 8 heteroatoms. The van der Waals surface area contributed by atoms with Crippen molar-refractivity contribution in [3.63, 3.8) is 0 Å². The maximum absolute atomic E-state index is 13.2. The average Bonchev–Trinajstić information content (AvgIpc) is 3.30. The van der Waals surface area contributed by atoms with E-state index < -0.39 is 11.7 Å². The number of anilines is 1. The number of rotatable bonds is 8.